The molecule has 84 valence electrons. The fraction of sp³-hybridized carbons (Fsp3) is 1.00. The molecule has 4 heteroatoms. The number of hydrogen-bond acceptors (Lipinski definition) is 4. The Morgan fingerprint density at radius 2 is 2.00 bits per heavy atom. The summed E-state index contributed by atoms with van der Waals surface area (Å²) in [6.45, 7) is 7.65. The number of methoxy groups -OCH3 is 1. The van der Waals surface area contributed by atoms with Crippen LogP contribution >= 0.6 is 0 Å². The number of ether oxygens (including phenoxy) is 2. The first kappa shape index (κ1) is 11.9. The highest BCUT2D eigenvalue weighted by molar-refractivity contribution is 4.76. The number of morpholine rings is 1. The lowest BCUT2D eigenvalue weighted by atomic mass is 10.2. The Balaban J connectivity index is 2.35. The fourth-order valence-corrected chi connectivity index (χ4v) is 1.97. The van der Waals surface area contributed by atoms with Crippen LogP contribution in [0.1, 0.15) is 13.8 Å². The minimum Gasteiger partial charge on any atom is -0.379 e. The number of hydrogen-bond donors (Lipinski definition) is 1. The first-order valence-electron chi connectivity index (χ1n) is 5.26. The maximum Gasteiger partial charge on any atom is 0.0820 e. The molecule has 14 heavy (non-hydrogen) atoms. The van der Waals surface area contributed by atoms with Crippen LogP contribution < -0.4 is 5.73 Å². The van der Waals surface area contributed by atoms with Gasteiger partial charge in [0.15, 0.2) is 0 Å². The smallest absolute Gasteiger partial charge is 0.0820 e. The van der Waals surface area contributed by atoms with E-state index in [-0.39, 0.29) is 6.10 Å². The third-order valence-electron chi connectivity index (χ3n) is 2.55. The fourth-order valence-electron chi connectivity index (χ4n) is 1.97. The average molecular weight is 202 g/mol. The minimum absolute atomic E-state index is 0.146. The highest BCUT2D eigenvalue weighted by Gasteiger charge is 2.23. The first-order chi connectivity index (χ1) is 6.65. The monoisotopic (exact) mass is 202 g/mol. The molecule has 1 rings (SSSR count). The zero-order valence-corrected chi connectivity index (χ0v) is 9.40. The number of nitrogens with two attached hydrogens (primary N) is 1. The summed E-state index contributed by atoms with van der Waals surface area (Å²) in [5.41, 5.74) is 5.59. The predicted molar refractivity (Wildman–Crippen MR) is 56.3 cm³/mol. The Kier molecular flexibility index (Phi) is 4.81. The van der Waals surface area contributed by atoms with Crippen molar-refractivity contribution in [3.63, 3.8) is 0 Å². The van der Waals surface area contributed by atoms with Crippen LogP contribution in [0.5, 0.6) is 0 Å². The van der Waals surface area contributed by atoms with Crippen LogP contribution in [-0.4, -0.2) is 56.5 Å². The molecule has 3 unspecified atom stereocenters. The molecule has 0 aromatic heterocycles. The van der Waals surface area contributed by atoms with E-state index in [1.165, 1.54) is 0 Å². The van der Waals surface area contributed by atoms with Crippen LogP contribution in [-0.2, 0) is 9.47 Å². The molecule has 1 aliphatic heterocycles. The van der Waals surface area contributed by atoms with E-state index in [0.29, 0.717) is 18.8 Å². The van der Waals surface area contributed by atoms with Gasteiger partial charge in [-0.1, -0.05) is 0 Å². The molecule has 0 aromatic carbocycles. The van der Waals surface area contributed by atoms with Gasteiger partial charge in [0.1, 0.15) is 0 Å². The maximum atomic E-state index is 5.65. The van der Waals surface area contributed by atoms with Crippen molar-refractivity contribution in [1.29, 1.82) is 0 Å². The van der Waals surface area contributed by atoms with Crippen LogP contribution in [0.15, 0.2) is 0 Å². The van der Waals surface area contributed by atoms with Gasteiger partial charge in [0.2, 0.25) is 0 Å². The zero-order chi connectivity index (χ0) is 10.6. The van der Waals surface area contributed by atoms with Gasteiger partial charge in [0.05, 0.1) is 18.3 Å². The molecule has 1 fully saturated rings. The maximum absolute atomic E-state index is 5.65. The van der Waals surface area contributed by atoms with Crippen molar-refractivity contribution in [2.24, 2.45) is 5.73 Å². The Morgan fingerprint density at radius 3 is 2.43 bits per heavy atom. The van der Waals surface area contributed by atoms with E-state index in [1.807, 2.05) is 0 Å². The highest BCUT2D eigenvalue weighted by Crippen LogP contribution is 2.11. The lowest BCUT2D eigenvalue weighted by Crippen LogP contribution is -2.49. The molecule has 0 aromatic rings. The molecule has 0 saturated carbocycles. The lowest BCUT2D eigenvalue weighted by molar-refractivity contribution is -0.0784. The van der Waals surface area contributed by atoms with E-state index in [1.54, 1.807) is 7.11 Å². The quantitative estimate of drug-likeness (QED) is 0.701. The van der Waals surface area contributed by atoms with E-state index in [9.17, 15) is 0 Å². The molecule has 1 heterocycles. The Labute approximate surface area is 86.3 Å². The highest BCUT2D eigenvalue weighted by atomic mass is 16.5. The van der Waals surface area contributed by atoms with Gasteiger partial charge in [-0.15, -0.1) is 0 Å². The van der Waals surface area contributed by atoms with Crippen molar-refractivity contribution in [3.8, 4) is 0 Å². The van der Waals surface area contributed by atoms with Crippen molar-refractivity contribution < 1.29 is 9.47 Å². The summed E-state index contributed by atoms with van der Waals surface area (Å²) >= 11 is 0. The van der Waals surface area contributed by atoms with Crippen molar-refractivity contribution in [3.05, 3.63) is 0 Å². The normalized spacial score (nSPS) is 31.7. The molecule has 2 N–H and O–H groups in total. The molecule has 1 saturated heterocycles. The van der Waals surface area contributed by atoms with Crippen LogP contribution in [0.2, 0.25) is 0 Å². The number of rotatable bonds is 4. The second-order valence-electron chi connectivity index (χ2n) is 4.07. The molecule has 0 radical (unpaired) electrons. The Bertz CT molecular complexity index is 152. The summed E-state index contributed by atoms with van der Waals surface area (Å²) in [7, 11) is 1.71. The molecular weight excluding hydrogens is 180 g/mol. The molecule has 3 atom stereocenters. The van der Waals surface area contributed by atoms with Crippen LogP contribution in [0.25, 0.3) is 0 Å². The molecular formula is C10H22N2O2. The van der Waals surface area contributed by atoms with Gasteiger partial charge in [-0.3, -0.25) is 4.90 Å². The predicted octanol–water partition coefficient (Wildman–Crippen LogP) is 0.0693. The van der Waals surface area contributed by atoms with Gasteiger partial charge < -0.3 is 15.2 Å². The van der Waals surface area contributed by atoms with Gasteiger partial charge in [-0.2, -0.15) is 0 Å². The number of nitrogens with zero attached hydrogens (tertiary/aromatic N) is 1. The van der Waals surface area contributed by atoms with Crippen molar-refractivity contribution in [2.45, 2.75) is 32.2 Å². The summed E-state index contributed by atoms with van der Waals surface area (Å²) in [5, 5.41) is 0. The van der Waals surface area contributed by atoms with E-state index in [2.05, 4.69) is 18.7 Å². The Hall–Kier alpha value is -0.160. The molecule has 1 aliphatic rings. The van der Waals surface area contributed by atoms with E-state index in [0.717, 1.165) is 19.6 Å². The van der Waals surface area contributed by atoms with Gasteiger partial charge >= 0.3 is 0 Å². The standard InChI is InChI=1S/C10H22N2O2/c1-8-5-12(6-9(2)14-8)7-10(4-11)13-3/h8-10H,4-7,11H2,1-3H3. The third-order valence-corrected chi connectivity index (χ3v) is 2.55. The second kappa shape index (κ2) is 5.66. The Morgan fingerprint density at radius 1 is 1.43 bits per heavy atom. The van der Waals surface area contributed by atoms with E-state index in [4.69, 9.17) is 15.2 Å². The molecule has 0 bridgehead atoms. The molecule has 0 spiro atoms. The minimum atomic E-state index is 0.146. The lowest BCUT2D eigenvalue weighted by Gasteiger charge is -2.36. The van der Waals surface area contributed by atoms with Crippen LogP contribution in [0.3, 0.4) is 0 Å². The molecule has 4 nitrogen and oxygen atoms in total. The van der Waals surface area contributed by atoms with Crippen molar-refractivity contribution in [2.75, 3.05) is 33.3 Å². The summed E-state index contributed by atoms with van der Waals surface area (Å²) < 4.78 is 10.9. The topological polar surface area (TPSA) is 47.7 Å². The van der Waals surface area contributed by atoms with Crippen molar-refractivity contribution >= 4 is 0 Å². The van der Waals surface area contributed by atoms with Gasteiger partial charge in [0, 0.05) is 33.3 Å². The zero-order valence-electron chi connectivity index (χ0n) is 9.40. The third kappa shape index (κ3) is 3.53. The summed E-state index contributed by atoms with van der Waals surface area (Å²) in [6.07, 6.45) is 0.774. The van der Waals surface area contributed by atoms with E-state index >= 15 is 0 Å². The van der Waals surface area contributed by atoms with Gasteiger partial charge in [0.25, 0.3) is 0 Å². The van der Waals surface area contributed by atoms with Gasteiger partial charge in [-0.05, 0) is 13.8 Å². The van der Waals surface area contributed by atoms with Crippen LogP contribution in [0.4, 0.5) is 0 Å². The largest absolute Gasteiger partial charge is 0.379 e. The summed E-state index contributed by atoms with van der Waals surface area (Å²) in [4.78, 5) is 2.36. The summed E-state index contributed by atoms with van der Waals surface area (Å²) in [6, 6.07) is 0. The average Bonchev–Trinajstić information content (AvgIpc) is 2.12. The first-order valence-corrected chi connectivity index (χ1v) is 5.26. The SMILES string of the molecule is COC(CN)CN1CC(C)OC(C)C1. The van der Waals surface area contributed by atoms with Gasteiger partial charge in [-0.25, -0.2) is 0 Å². The van der Waals surface area contributed by atoms with Crippen LogP contribution in [0, 0.1) is 0 Å². The molecule has 0 amide bonds. The second-order valence-corrected chi connectivity index (χ2v) is 4.07. The summed E-state index contributed by atoms with van der Waals surface area (Å²) in [5.74, 6) is 0. The molecule has 0 aliphatic carbocycles. The van der Waals surface area contributed by atoms with Crippen molar-refractivity contribution in [1.82, 2.24) is 4.90 Å². The van der Waals surface area contributed by atoms with E-state index < -0.39 is 0 Å².